The number of carbonyl (C=O) groups excluding carboxylic acids is 1. The Bertz CT molecular complexity index is 786. The Hall–Kier alpha value is -2.09. The molecule has 1 fully saturated rings. The van der Waals surface area contributed by atoms with Crippen LogP contribution >= 0.6 is 0 Å². The molecule has 1 aliphatic carbocycles. The molecule has 0 spiro atoms. The van der Waals surface area contributed by atoms with Crippen LogP contribution in [0.3, 0.4) is 0 Å². The standard InChI is InChI=1S/C16H19N5O2S/c22-16(20-9-3-5-12-4-1-2-6-14(12)20)11-24(23)10-15-17-18-19-21(15)13-7-8-13/h1-2,4,6,13H,3,5,7-11H2/t24-/m1/s1. The van der Waals surface area contributed by atoms with Crippen molar-refractivity contribution < 1.29 is 9.00 Å². The zero-order valence-electron chi connectivity index (χ0n) is 13.3. The first-order valence-corrected chi connectivity index (χ1v) is 9.71. The maximum Gasteiger partial charge on any atom is 0.239 e. The van der Waals surface area contributed by atoms with Crippen LogP contribution in [0.1, 0.15) is 36.7 Å². The quantitative estimate of drug-likeness (QED) is 0.814. The van der Waals surface area contributed by atoms with E-state index in [2.05, 4.69) is 21.6 Å². The second-order valence-corrected chi connectivity index (χ2v) is 7.73. The molecule has 1 saturated carbocycles. The summed E-state index contributed by atoms with van der Waals surface area (Å²) >= 11 is 0. The van der Waals surface area contributed by atoms with Gasteiger partial charge in [0, 0.05) is 23.0 Å². The lowest BCUT2D eigenvalue weighted by Crippen LogP contribution is -2.38. The predicted molar refractivity (Wildman–Crippen MR) is 89.9 cm³/mol. The zero-order valence-corrected chi connectivity index (χ0v) is 14.1. The topological polar surface area (TPSA) is 81.0 Å². The predicted octanol–water partition coefficient (Wildman–Crippen LogP) is 1.24. The molecule has 4 rings (SSSR count). The molecule has 7 nitrogen and oxygen atoms in total. The third-order valence-corrected chi connectivity index (χ3v) is 5.59. The molecule has 24 heavy (non-hydrogen) atoms. The molecule has 1 amide bonds. The van der Waals surface area contributed by atoms with Crippen molar-refractivity contribution in [3.63, 3.8) is 0 Å². The number of nitrogens with zero attached hydrogens (tertiary/aromatic N) is 5. The maximum absolute atomic E-state index is 12.6. The second kappa shape index (κ2) is 6.43. The summed E-state index contributed by atoms with van der Waals surface area (Å²) < 4.78 is 14.2. The van der Waals surface area contributed by atoms with Gasteiger partial charge >= 0.3 is 0 Å². The fraction of sp³-hybridized carbons (Fsp3) is 0.500. The summed E-state index contributed by atoms with van der Waals surface area (Å²) in [6.07, 6.45) is 4.05. The van der Waals surface area contributed by atoms with Crippen molar-refractivity contribution in [1.82, 2.24) is 20.2 Å². The van der Waals surface area contributed by atoms with Crippen LogP contribution in [0.15, 0.2) is 24.3 Å². The average Bonchev–Trinajstić information content (AvgIpc) is 3.34. The average molecular weight is 345 g/mol. The molecule has 0 radical (unpaired) electrons. The Morgan fingerprint density at radius 3 is 2.96 bits per heavy atom. The minimum atomic E-state index is -1.31. The Balaban J connectivity index is 1.43. The van der Waals surface area contributed by atoms with Gasteiger partial charge in [0.2, 0.25) is 5.91 Å². The lowest BCUT2D eigenvalue weighted by molar-refractivity contribution is -0.116. The van der Waals surface area contributed by atoms with Gasteiger partial charge in [0.25, 0.3) is 0 Å². The number of benzene rings is 1. The third kappa shape index (κ3) is 3.10. The van der Waals surface area contributed by atoms with Gasteiger partial charge < -0.3 is 4.90 Å². The largest absolute Gasteiger partial charge is 0.311 e. The number of anilines is 1. The van der Waals surface area contributed by atoms with Gasteiger partial charge in [-0.25, -0.2) is 4.68 Å². The molecule has 1 aliphatic heterocycles. The summed E-state index contributed by atoms with van der Waals surface area (Å²) in [5, 5.41) is 11.6. The summed E-state index contributed by atoms with van der Waals surface area (Å²) in [6, 6.07) is 8.28. The smallest absolute Gasteiger partial charge is 0.239 e. The van der Waals surface area contributed by atoms with Crippen LogP contribution in [-0.2, 0) is 27.8 Å². The molecule has 126 valence electrons. The molecule has 0 N–H and O–H groups in total. The molecule has 1 atom stereocenters. The van der Waals surface area contributed by atoms with Crippen molar-refractivity contribution >= 4 is 22.4 Å². The van der Waals surface area contributed by atoms with Gasteiger partial charge in [0.1, 0.15) is 5.75 Å². The molecular weight excluding hydrogens is 326 g/mol. The number of para-hydroxylation sites is 1. The number of hydrogen-bond donors (Lipinski definition) is 0. The summed E-state index contributed by atoms with van der Waals surface area (Å²) in [6.45, 7) is 0.687. The van der Waals surface area contributed by atoms with E-state index in [1.54, 1.807) is 9.58 Å². The molecule has 1 aromatic carbocycles. The number of fused-ring (bicyclic) bond motifs is 1. The van der Waals surface area contributed by atoms with Crippen molar-refractivity contribution in [3.05, 3.63) is 35.7 Å². The number of carbonyl (C=O) groups is 1. The fourth-order valence-electron chi connectivity index (χ4n) is 3.11. The Morgan fingerprint density at radius 1 is 1.29 bits per heavy atom. The van der Waals surface area contributed by atoms with Gasteiger partial charge in [0.05, 0.1) is 11.8 Å². The Morgan fingerprint density at radius 2 is 2.12 bits per heavy atom. The van der Waals surface area contributed by atoms with Gasteiger partial charge in [-0.1, -0.05) is 18.2 Å². The van der Waals surface area contributed by atoms with Crippen molar-refractivity contribution in [1.29, 1.82) is 0 Å². The molecule has 0 bridgehead atoms. The van der Waals surface area contributed by atoms with E-state index < -0.39 is 10.8 Å². The highest BCUT2D eigenvalue weighted by Crippen LogP contribution is 2.34. The van der Waals surface area contributed by atoms with E-state index in [9.17, 15) is 9.00 Å². The first-order chi connectivity index (χ1) is 11.7. The summed E-state index contributed by atoms with van der Waals surface area (Å²) in [5.41, 5.74) is 2.13. The second-order valence-electron chi connectivity index (χ2n) is 6.28. The lowest BCUT2D eigenvalue weighted by atomic mass is 10.0. The van der Waals surface area contributed by atoms with Gasteiger partial charge in [-0.15, -0.1) is 5.10 Å². The first kappa shape index (κ1) is 15.4. The number of tetrazole rings is 1. The third-order valence-electron chi connectivity index (χ3n) is 4.44. The number of aryl methyl sites for hydroxylation is 1. The van der Waals surface area contributed by atoms with E-state index in [1.807, 2.05) is 18.2 Å². The Labute approximate surface area is 142 Å². The number of aromatic nitrogens is 4. The fourth-order valence-corrected chi connectivity index (χ4v) is 4.12. The van der Waals surface area contributed by atoms with Crippen molar-refractivity contribution in [2.75, 3.05) is 17.2 Å². The molecule has 0 unspecified atom stereocenters. The van der Waals surface area contributed by atoms with Crippen LogP contribution in [0.2, 0.25) is 0 Å². The van der Waals surface area contributed by atoms with E-state index >= 15 is 0 Å². The van der Waals surface area contributed by atoms with Gasteiger partial charge in [0.15, 0.2) is 5.82 Å². The highest BCUT2D eigenvalue weighted by atomic mass is 32.2. The first-order valence-electron chi connectivity index (χ1n) is 8.22. The van der Waals surface area contributed by atoms with Crippen LogP contribution < -0.4 is 4.90 Å². The summed E-state index contributed by atoms with van der Waals surface area (Å²) in [7, 11) is -1.31. The van der Waals surface area contributed by atoms with Gasteiger partial charge in [-0.2, -0.15) is 0 Å². The van der Waals surface area contributed by atoms with Crippen molar-refractivity contribution in [2.45, 2.75) is 37.5 Å². The molecule has 2 heterocycles. The minimum absolute atomic E-state index is 0.00581. The highest BCUT2D eigenvalue weighted by molar-refractivity contribution is 7.84. The van der Waals surface area contributed by atoms with E-state index in [1.165, 1.54) is 5.56 Å². The Kier molecular flexibility index (Phi) is 4.13. The summed E-state index contributed by atoms with van der Waals surface area (Å²) in [5.74, 6) is 0.755. The maximum atomic E-state index is 12.6. The lowest BCUT2D eigenvalue weighted by Gasteiger charge is -2.29. The van der Waals surface area contributed by atoms with E-state index in [0.717, 1.165) is 31.4 Å². The molecule has 0 saturated heterocycles. The van der Waals surface area contributed by atoms with E-state index in [0.29, 0.717) is 18.4 Å². The van der Waals surface area contributed by atoms with Crippen LogP contribution in [0.25, 0.3) is 0 Å². The van der Waals surface area contributed by atoms with E-state index in [-0.39, 0.29) is 17.4 Å². The molecule has 1 aromatic heterocycles. The normalized spacial score (nSPS) is 18.2. The van der Waals surface area contributed by atoms with Crippen LogP contribution in [0.5, 0.6) is 0 Å². The number of rotatable bonds is 5. The SMILES string of the molecule is O=C(C[S@](=O)Cc1nnnn1C1CC1)N1CCCc2ccccc21. The van der Waals surface area contributed by atoms with Gasteiger partial charge in [-0.05, 0) is 47.7 Å². The molecule has 2 aromatic rings. The van der Waals surface area contributed by atoms with Crippen LogP contribution in [0.4, 0.5) is 5.69 Å². The number of hydrogen-bond acceptors (Lipinski definition) is 5. The minimum Gasteiger partial charge on any atom is -0.311 e. The number of amides is 1. The molecular formula is C16H19N5O2S. The van der Waals surface area contributed by atoms with Crippen LogP contribution in [-0.4, -0.2) is 42.6 Å². The zero-order chi connectivity index (χ0) is 16.5. The highest BCUT2D eigenvalue weighted by Gasteiger charge is 2.29. The van der Waals surface area contributed by atoms with Crippen molar-refractivity contribution in [3.8, 4) is 0 Å². The molecule has 2 aliphatic rings. The summed E-state index contributed by atoms with van der Waals surface area (Å²) in [4.78, 5) is 14.4. The molecule has 8 heteroatoms. The van der Waals surface area contributed by atoms with Gasteiger partial charge in [-0.3, -0.25) is 9.00 Å². The van der Waals surface area contributed by atoms with E-state index in [4.69, 9.17) is 0 Å². The van der Waals surface area contributed by atoms with Crippen LogP contribution in [0, 0.1) is 0 Å². The van der Waals surface area contributed by atoms with Crippen molar-refractivity contribution in [2.24, 2.45) is 0 Å². The monoisotopic (exact) mass is 345 g/mol.